The first-order valence-electron chi connectivity index (χ1n) is 7.09. The van der Waals surface area contributed by atoms with Gasteiger partial charge in [-0.2, -0.15) is 0 Å². The number of fused-ring (bicyclic) bond motifs is 1. The number of hydrogen-bond donors (Lipinski definition) is 3. The zero-order valence-electron chi connectivity index (χ0n) is 16.5. The number of hydrogen-bond acceptors (Lipinski definition) is 13. The van der Waals surface area contributed by atoms with Gasteiger partial charge in [0.15, 0.2) is 17.4 Å². The van der Waals surface area contributed by atoms with Crippen molar-refractivity contribution in [3.05, 3.63) is 23.0 Å². The Balaban J connectivity index is 0. The second-order valence-corrected chi connectivity index (χ2v) is 8.07. The summed E-state index contributed by atoms with van der Waals surface area (Å²) < 4.78 is 35.5. The third-order valence-corrected chi connectivity index (χ3v) is 5.64. The maximum Gasteiger partial charge on any atom is 1.00 e. The third kappa shape index (κ3) is 8.56. The van der Waals surface area contributed by atoms with Crippen LogP contribution in [-0.2, 0) is 22.7 Å². The maximum atomic E-state index is 11.6. The molecule has 3 rings (SSSR count). The van der Waals surface area contributed by atoms with Crippen LogP contribution in [0, 0.1) is 0 Å². The first-order chi connectivity index (χ1) is 12.5. The summed E-state index contributed by atoms with van der Waals surface area (Å²) >= 11 is 0. The normalized spacial score (nSPS) is 24.8. The van der Waals surface area contributed by atoms with Gasteiger partial charge in [-0.1, -0.05) is 0 Å². The average Bonchev–Trinajstić information content (AvgIpc) is 3.07. The van der Waals surface area contributed by atoms with Gasteiger partial charge in [0.25, 0.3) is 13.4 Å². The molecule has 2 aromatic rings. The molecular formula is C10H13N4Na3O12P2. The van der Waals surface area contributed by atoms with Crippen molar-refractivity contribution in [2.75, 3.05) is 6.61 Å². The fraction of sp³-hybridized carbons (Fsp3) is 0.500. The Morgan fingerprint density at radius 2 is 1.77 bits per heavy atom. The second-order valence-electron chi connectivity index (χ2n) is 5.37. The Hall–Kier alpha value is 1.45. The SMILES string of the molecule is O.O=c1[nH]cnc2c1ncn2[C@@H]1O[C@H](COP(=O)([O-])OP(=O)([O-])[O-])[C@@H](O)[C@H]1O.[Na+].[Na+].[Na+]. The van der Waals surface area contributed by atoms with E-state index in [0.717, 1.165) is 17.2 Å². The van der Waals surface area contributed by atoms with Gasteiger partial charge in [-0.05, 0) is 0 Å². The van der Waals surface area contributed by atoms with E-state index in [2.05, 4.69) is 23.8 Å². The standard InChI is InChI=1S/C10H14N4O11P2.3Na.H2O/c15-6-4(1-23-27(21,22)25-26(18,19)20)24-10(7(6)16)14-3-13-5-8(14)11-2-12-9(5)17;;;;/h2-4,6-7,10,15-16H,1H2,(H,21,22)(H,11,12,17)(H2,18,19,20);;;;1H2/q;3*+1;/p-3/t4-,6-,7-,10-;;;;/m1..../s1. The third-order valence-electron chi connectivity index (χ3n) is 3.57. The summed E-state index contributed by atoms with van der Waals surface area (Å²) in [6, 6.07) is 0. The number of nitrogens with zero attached hydrogens (tertiary/aromatic N) is 3. The maximum absolute atomic E-state index is 11.6. The van der Waals surface area contributed by atoms with Crippen LogP contribution in [0.25, 0.3) is 11.2 Å². The minimum Gasteiger partial charge on any atom is -0.790 e. The van der Waals surface area contributed by atoms with Gasteiger partial charge in [0.05, 0.1) is 27.1 Å². The molecule has 2 aromatic heterocycles. The van der Waals surface area contributed by atoms with Crippen LogP contribution in [0.1, 0.15) is 6.23 Å². The molecule has 1 saturated heterocycles. The molecule has 0 saturated carbocycles. The van der Waals surface area contributed by atoms with Crippen LogP contribution in [-0.4, -0.2) is 60.1 Å². The number of nitrogens with one attached hydrogen (secondary N) is 1. The summed E-state index contributed by atoms with van der Waals surface area (Å²) in [5, 5.41) is 20.1. The molecule has 0 aliphatic carbocycles. The van der Waals surface area contributed by atoms with Gasteiger partial charge in [0.1, 0.15) is 18.3 Å². The van der Waals surface area contributed by atoms with E-state index in [-0.39, 0.29) is 105 Å². The Bertz CT molecular complexity index is 1000. The monoisotopic (exact) mass is 512 g/mol. The summed E-state index contributed by atoms with van der Waals surface area (Å²) in [6.45, 7) is -0.962. The Morgan fingerprint density at radius 1 is 1.16 bits per heavy atom. The predicted octanol–water partition coefficient (Wildman–Crippen LogP) is -13.7. The summed E-state index contributed by atoms with van der Waals surface area (Å²) in [4.78, 5) is 53.6. The predicted molar refractivity (Wildman–Crippen MR) is 79.9 cm³/mol. The number of imidazole rings is 1. The van der Waals surface area contributed by atoms with Gasteiger partial charge >= 0.3 is 88.7 Å². The van der Waals surface area contributed by atoms with Crippen molar-refractivity contribution in [2.24, 2.45) is 0 Å². The summed E-state index contributed by atoms with van der Waals surface area (Å²) in [6.07, 6.45) is -3.84. The molecule has 16 nitrogen and oxygen atoms in total. The number of phosphoric ester groups is 1. The number of rotatable bonds is 6. The van der Waals surface area contributed by atoms with E-state index in [1.54, 1.807) is 0 Å². The molecule has 21 heteroatoms. The van der Waals surface area contributed by atoms with Crippen LogP contribution in [0.2, 0.25) is 0 Å². The molecule has 31 heavy (non-hydrogen) atoms. The van der Waals surface area contributed by atoms with Crippen LogP contribution in [0.15, 0.2) is 17.4 Å². The van der Waals surface area contributed by atoms with E-state index in [0.29, 0.717) is 0 Å². The number of phosphoric acid groups is 2. The fourth-order valence-corrected chi connectivity index (χ4v) is 3.95. The van der Waals surface area contributed by atoms with Crippen LogP contribution in [0.4, 0.5) is 0 Å². The number of ether oxygens (including phenoxy) is 1. The summed E-state index contributed by atoms with van der Waals surface area (Å²) in [7, 11) is -11.4. The number of aromatic amines is 1. The van der Waals surface area contributed by atoms with Gasteiger partial charge in [-0.3, -0.25) is 18.2 Å². The van der Waals surface area contributed by atoms with Crippen molar-refractivity contribution in [2.45, 2.75) is 24.5 Å². The van der Waals surface area contributed by atoms with Gasteiger partial charge in [0, 0.05) is 0 Å². The van der Waals surface area contributed by atoms with Crippen molar-refractivity contribution in [1.82, 2.24) is 19.5 Å². The molecule has 0 radical (unpaired) electrons. The van der Waals surface area contributed by atoms with Crippen molar-refractivity contribution < 1.29 is 142 Å². The molecule has 0 aromatic carbocycles. The number of aromatic nitrogens is 4. The van der Waals surface area contributed by atoms with Crippen molar-refractivity contribution >= 4 is 26.8 Å². The van der Waals surface area contributed by atoms with Crippen molar-refractivity contribution in [1.29, 1.82) is 0 Å². The van der Waals surface area contributed by atoms with Gasteiger partial charge in [0.2, 0.25) is 0 Å². The van der Waals surface area contributed by atoms with E-state index in [9.17, 15) is 38.8 Å². The molecule has 0 bridgehead atoms. The number of aliphatic hydroxyl groups is 2. The molecule has 5 N–H and O–H groups in total. The topological polar surface area (TPSA) is 267 Å². The molecule has 3 heterocycles. The molecule has 1 aliphatic rings. The molecule has 1 unspecified atom stereocenters. The molecule has 5 atom stereocenters. The first kappa shape index (κ1) is 34.6. The van der Waals surface area contributed by atoms with Gasteiger partial charge < -0.3 is 49.2 Å². The number of H-pyrrole nitrogens is 1. The molecular weight excluding hydrogens is 499 g/mol. The van der Waals surface area contributed by atoms with Crippen LogP contribution >= 0.6 is 15.6 Å². The van der Waals surface area contributed by atoms with Crippen molar-refractivity contribution in [3.63, 3.8) is 0 Å². The zero-order chi connectivity index (χ0) is 20.0. The smallest absolute Gasteiger partial charge is 0.790 e. The van der Waals surface area contributed by atoms with Crippen LogP contribution < -0.4 is 109 Å². The van der Waals surface area contributed by atoms with Gasteiger partial charge in [-0.15, -0.1) is 0 Å². The number of aliphatic hydroxyl groups excluding tert-OH is 2. The van der Waals surface area contributed by atoms with E-state index >= 15 is 0 Å². The summed E-state index contributed by atoms with van der Waals surface area (Å²) in [5.74, 6) is 0. The van der Waals surface area contributed by atoms with E-state index < -0.39 is 52.4 Å². The zero-order valence-corrected chi connectivity index (χ0v) is 24.3. The van der Waals surface area contributed by atoms with Crippen LogP contribution in [0.5, 0.6) is 0 Å². The molecule has 0 spiro atoms. The fourth-order valence-electron chi connectivity index (χ4n) is 2.46. The molecule has 158 valence electrons. The summed E-state index contributed by atoms with van der Waals surface area (Å²) in [5.41, 5.74) is -0.606. The largest absolute Gasteiger partial charge is 1.00 e. The Morgan fingerprint density at radius 3 is 2.35 bits per heavy atom. The average molecular weight is 512 g/mol. The van der Waals surface area contributed by atoms with E-state index in [4.69, 9.17) is 4.74 Å². The van der Waals surface area contributed by atoms with Gasteiger partial charge in [-0.25, -0.2) is 9.97 Å². The molecule has 1 fully saturated rings. The minimum atomic E-state index is -5.87. The van der Waals surface area contributed by atoms with Crippen molar-refractivity contribution in [3.8, 4) is 0 Å². The first-order valence-corrected chi connectivity index (χ1v) is 10.0. The Kier molecular flexibility index (Phi) is 15.1. The minimum absolute atomic E-state index is 0. The Labute approximate surface area is 239 Å². The van der Waals surface area contributed by atoms with E-state index in [1.165, 1.54) is 0 Å². The molecule has 0 amide bonds. The van der Waals surface area contributed by atoms with E-state index in [1.807, 2.05) is 0 Å². The molecule has 1 aliphatic heterocycles. The quantitative estimate of drug-likeness (QED) is 0.240. The van der Waals surface area contributed by atoms with Crippen LogP contribution in [0.3, 0.4) is 0 Å². The second kappa shape index (κ2) is 13.5.